The Morgan fingerprint density at radius 2 is 2.33 bits per heavy atom. The average molecular weight is 226 g/mol. The van der Waals surface area contributed by atoms with Crippen LogP contribution < -0.4 is 0 Å². The minimum Gasteiger partial charge on any atom is -0.334 e. The Balaban J connectivity index is 2.26. The summed E-state index contributed by atoms with van der Waals surface area (Å²) >= 11 is 5.85. The Kier molecular flexibility index (Phi) is 2.61. The molecule has 1 unspecified atom stereocenters. The van der Waals surface area contributed by atoms with Crippen LogP contribution in [0.1, 0.15) is 30.9 Å². The number of carbonyl (C=O) groups is 1. The van der Waals surface area contributed by atoms with E-state index in [0.29, 0.717) is 11.0 Å². The van der Waals surface area contributed by atoms with Crippen molar-refractivity contribution >= 4 is 17.5 Å². The number of amides is 1. The third-order valence-corrected chi connectivity index (χ3v) is 2.79. The van der Waals surface area contributed by atoms with Crippen molar-refractivity contribution in [1.29, 1.82) is 0 Å². The molecule has 0 bridgehead atoms. The first kappa shape index (κ1) is 10.4. The molecule has 0 radical (unpaired) electrons. The molecule has 2 rings (SSSR count). The molecule has 5 heteroatoms. The third-order valence-electron chi connectivity index (χ3n) is 2.59. The zero-order valence-electron chi connectivity index (χ0n) is 8.70. The van der Waals surface area contributed by atoms with Crippen molar-refractivity contribution in [2.45, 2.75) is 26.3 Å². The van der Waals surface area contributed by atoms with Crippen LogP contribution in [-0.4, -0.2) is 27.3 Å². The van der Waals surface area contributed by atoms with Gasteiger partial charge in [-0.15, -0.1) is 0 Å². The highest BCUT2D eigenvalue weighted by Gasteiger charge is 2.32. The van der Waals surface area contributed by atoms with E-state index in [1.807, 2.05) is 0 Å². The largest absolute Gasteiger partial charge is 0.334 e. The highest BCUT2D eigenvalue weighted by atomic mass is 35.5. The highest BCUT2D eigenvalue weighted by Crippen LogP contribution is 2.32. The number of aryl methyl sites for hydroxylation is 1. The maximum Gasteiger partial charge on any atom is 0.220 e. The van der Waals surface area contributed by atoms with Gasteiger partial charge in [-0.3, -0.25) is 4.79 Å². The Hall–Kier alpha value is -1.16. The van der Waals surface area contributed by atoms with E-state index in [1.165, 1.54) is 0 Å². The number of nitrogens with zero attached hydrogens (tertiary/aromatic N) is 3. The van der Waals surface area contributed by atoms with Crippen molar-refractivity contribution in [3.63, 3.8) is 0 Å². The molecule has 80 valence electrons. The predicted molar refractivity (Wildman–Crippen MR) is 56.5 cm³/mol. The smallest absolute Gasteiger partial charge is 0.220 e. The molecule has 0 aromatic carbocycles. The summed E-state index contributed by atoms with van der Waals surface area (Å²) in [6, 6.07) is 1.82. The number of carbonyl (C=O) groups excluding carboxylic acids is 1. The molecule has 1 fully saturated rings. The van der Waals surface area contributed by atoms with Gasteiger partial charge in [-0.1, -0.05) is 11.6 Å². The molecule has 15 heavy (non-hydrogen) atoms. The van der Waals surface area contributed by atoms with Crippen LogP contribution in [0.2, 0.25) is 5.15 Å². The topological polar surface area (TPSA) is 46.1 Å². The molecule has 0 N–H and O–H groups in total. The van der Waals surface area contributed by atoms with Gasteiger partial charge in [0.05, 0.1) is 11.7 Å². The molecule has 0 spiro atoms. The quantitative estimate of drug-likeness (QED) is 0.684. The van der Waals surface area contributed by atoms with E-state index in [4.69, 9.17) is 11.6 Å². The maximum atomic E-state index is 11.2. The van der Waals surface area contributed by atoms with Crippen LogP contribution in [0, 0.1) is 6.92 Å². The van der Waals surface area contributed by atoms with Gasteiger partial charge in [0.1, 0.15) is 11.0 Å². The first-order valence-corrected chi connectivity index (χ1v) is 5.24. The summed E-state index contributed by atoms with van der Waals surface area (Å²) in [6.45, 7) is 4.18. The second-order valence-electron chi connectivity index (χ2n) is 3.68. The summed E-state index contributed by atoms with van der Waals surface area (Å²) in [5, 5.41) is 0.438. The summed E-state index contributed by atoms with van der Waals surface area (Å²) < 4.78 is 0. The standard InChI is InChI=1S/C10H12ClN3O/c1-6-12-8(5-10(11)13-6)9-3-4-14(9)7(2)15/h5,9H,3-4H2,1-2H3. The summed E-state index contributed by atoms with van der Waals surface area (Å²) in [4.78, 5) is 21.3. The molecule has 0 saturated carbocycles. The van der Waals surface area contributed by atoms with Gasteiger partial charge in [-0.05, 0) is 19.4 Å². The van der Waals surface area contributed by atoms with Gasteiger partial charge in [0.2, 0.25) is 5.91 Å². The molecule has 1 aliphatic rings. The minimum atomic E-state index is 0.0821. The van der Waals surface area contributed by atoms with Crippen molar-refractivity contribution in [3.8, 4) is 0 Å². The van der Waals surface area contributed by atoms with E-state index >= 15 is 0 Å². The van der Waals surface area contributed by atoms with Crippen LogP contribution in [-0.2, 0) is 4.79 Å². The number of likely N-dealkylation sites (tertiary alicyclic amines) is 1. The Morgan fingerprint density at radius 3 is 2.80 bits per heavy atom. The van der Waals surface area contributed by atoms with E-state index in [9.17, 15) is 4.79 Å². The SMILES string of the molecule is CC(=O)N1CCC1c1cc(Cl)nc(C)n1. The summed E-state index contributed by atoms with van der Waals surface area (Å²) in [5.74, 6) is 0.728. The summed E-state index contributed by atoms with van der Waals surface area (Å²) in [6.07, 6.45) is 0.951. The summed E-state index contributed by atoms with van der Waals surface area (Å²) in [7, 11) is 0. The zero-order chi connectivity index (χ0) is 11.0. The molecule has 4 nitrogen and oxygen atoms in total. The van der Waals surface area contributed by atoms with E-state index in [-0.39, 0.29) is 11.9 Å². The van der Waals surface area contributed by atoms with Crippen LogP contribution in [0.15, 0.2) is 6.07 Å². The first-order chi connectivity index (χ1) is 7.08. The van der Waals surface area contributed by atoms with Gasteiger partial charge < -0.3 is 4.90 Å². The van der Waals surface area contributed by atoms with E-state index in [0.717, 1.165) is 18.7 Å². The fourth-order valence-corrected chi connectivity index (χ4v) is 2.03. The minimum absolute atomic E-state index is 0.0821. The van der Waals surface area contributed by atoms with E-state index < -0.39 is 0 Å². The van der Waals surface area contributed by atoms with Crippen LogP contribution in [0.3, 0.4) is 0 Å². The predicted octanol–water partition coefficient (Wildman–Crippen LogP) is 1.73. The van der Waals surface area contributed by atoms with Crippen molar-refractivity contribution in [2.24, 2.45) is 0 Å². The lowest BCUT2D eigenvalue weighted by atomic mass is 9.99. The van der Waals surface area contributed by atoms with E-state index in [2.05, 4.69) is 9.97 Å². The Labute approximate surface area is 93.3 Å². The van der Waals surface area contributed by atoms with Crippen molar-refractivity contribution < 1.29 is 4.79 Å². The maximum absolute atomic E-state index is 11.2. The van der Waals surface area contributed by atoms with Crippen molar-refractivity contribution in [1.82, 2.24) is 14.9 Å². The molecular weight excluding hydrogens is 214 g/mol. The second kappa shape index (κ2) is 3.77. The lowest BCUT2D eigenvalue weighted by Gasteiger charge is -2.39. The molecule has 1 aromatic rings. The van der Waals surface area contributed by atoms with Gasteiger partial charge in [-0.25, -0.2) is 9.97 Å². The van der Waals surface area contributed by atoms with Crippen LogP contribution in [0.5, 0.6) is 0 Å². The van der Waals surface area contributed by atoms with Crippen molar-refractivity contribution in [2.75, 3.05) is 6.54 Å². The monoisotopic (exact) mass is 225 g/mol. The normalized spacial score (nSPS) is 19.9. The highest BCUT2D eigenvalue weighted by molar-refractivity contribution is 6.29. The molecule has 1 aromatic heterocycles. The van der Waals surface area contributed by atoms with Gasteiger partial charge in [0.25, 0.3) is 0 Å². The number of rotatable bonds is 1. The number of hydrogen-bond acceptors (Lipinski definition) is 3. The fourth-order valence-electron chi connectivity index (χ4n) is 1.80. The second-order valence-corrected chi connectivity index (χ2v) is 4.07. The van der Waals surface area contributed by atoms with E-state index in [1.54, 1.807) is 24.8 Å². The molecule has 0 aliphatic carbocycles. The molecule has 1 amide bonds. The average Bonchev–Trinajstić information content (AvgIpc) is 1.97. The van der Waals surface area contributed by atoms with Crippen LogP contribution in [0.25, 0.3) is 0 Å². The molecule has 2 heterocycles. The first-order valence-electron chi connectivity index (χ1n) is 4.86. The molecule has 1 atom stereocenters. The fraction of sp³-hybridized carbons (Fsp3) is 0.500. The number of halogens is 1. The lowest BCUT2D eigenvalue weighted by Crippen LogP contribution is -2.44. The Morgan fingerprint density at radius 1 is 1.60 bits per heavy atom. The molecule has 1 saturated heterocycles. The van der Waals surface area contributed by atoms with Crippen molar-refractivity contribution in [3.05, 3.63) is 22.7 Å². The van der Waals surface area contributed by atoms with Gasteiger partial charge in [0.15, 0.2) is 0 Å². The number of hydrogen-bond donors (Lipinski definition) is 0. The van der Waals surface area contributed by atoms with Crippen LogP contribution in [0.4, 0.5) is 0 Å². The lowest BCUT2D eigenvalue weighted by molar-refractivity contribution is -0.136. The third kappa shape index (κ3) is 1.95. The molecule has 1 aliphatic heterocycles. The van der Waals surface area contributed by atoms with Gasteiger partial charge in [-0.2, -0.15) is 0 Å². The van der Waals surface area contributed by atoms with Gasteiger partial charge in [0, 0.05) is 13.5 Å². The van der Waals surface area contributed by atoms with Crippen LogP contribution >= 0.6 is 11.6 Å². The zero-order valence-corrected chi connectivity index (χ0v) is 9.45. The summed E-state index contributed by atoms with van der Waals surface area (Å²) in [5.41, 5.74) is 0.842. The van der Waals surface area contributed by atoms with Gasteiger partial charge >= 0.3 is 0 Å². The number of aromatic nitrogens is 2. The molecular formula is C10H12ClN3O. The Bertz CT molecular complexity index is 387.